The number of unbranched alkanes of at least 4 members (excludes halogenated alkanes) is 2. The molecule has 0 bridgehead atoms. The summed E-state index contributed by atoms with van der Waals surface area (Å²) in [5, 5.41) is 18.6. The maximum Gasteiger partial charge on any atom is 0.321 e. The Balaban J connectivity index is 2.66. The zero-order valence-corrected chi connectivity index (χ0v) is 16.7. The Morgan fingerprint density at radius 3 is 2.70 bits per heavy atom. The first-order valence-corrected chi connectivity index (χ1v) is 10.1. The van der Waals surface area contributed by atoms with Crippen molar-refractivity contribution in [1.29, 1.82) is 0 Å². The second-order valence-electron chi connectivity index (χ2n) is 6.33. The lowest BCUT2D eigenvalue weighted by atomic mass is 10.1. The molecule has 0 saturated heterocycles. The summed E-state index contributed by atoms with van der Waals surface area (Å²) in [5.74, 6) is -0.371. The van der Waals surface area contributed by atoms with Crippen LogP contribution < -0.4 is 10.5 Å². The summed E-state index contributed by atoms with van der Waals surface area (Å²) in [7, 11) is 1.47. The second kappa shape index (κ2) is 12.4. The van der Waals surface area contributed by atoms with Gasteiger partial charge in [-0.3, -0.25) is 9.59 Å². The number of nitrogens with two attached hydrogens (primary N) is 1. The van der Waals surface area contributed by atoms with E-state index in [-0.39, 0.29) is 22.5 Å². The molecule has 0 aliphatic rings. The van der Waals surface area contributed by atoms with Gasteiger partial charge < -0.3 is 20.7 Å². The third-order valence-electron chi connectivity index (χ3n) is 4.05. The number of phenols is 1. The van der Waals surface area contributed by atoms with Crippen molar-refractivity contribution < 1.29 is 24.5 Å². The van der Waals surface area contributed by atoms with Crippen molar-refractivity contribution in [3.63, 3.8) is 0 Å². The van der Waals surface area contributed by atoms with Gasteiger partial charge in [-0.25, -0.2) is 0 Å². The SMILES string of the molecule is CCCCCC(CC(=O)/C=C/c1ccc(O)c(OC)c1)SC[C@@H](N)C(=O)O. The molecule has 0 aliphatic carbocycles. The number of ether oxygens (including phenoxy) is 1. The smallest absolute Gasteiger partial charge is 0.321 e. The van der Waals surface area contributed by atoms with E-state index in [1.54, 1.807) is 18.2 Å². The summed E-state index contributed by atoms with van der Waals surface area (Å²) >= 11 is 1.45. The molecule has 0 saturated carbocycles. The van der Waals surface area contributed by atoms with Gasteiger partial charge in [0.2, 0.25) is 0 Å². The molecular formula is C20H29NO5S. The molecule has 1 aromatic rings. The number of carboxylic acids is 1. The van der Waals surface area contributed by atoms with Gasteiger partial charge in [0.15, 0.2) is 17.3 Å². The number of rotatable bonds is 13. The molecular weight excluding hydrogens is 366 g/mol. The maximum absolute atomic E-state index is 12.3. The Morgan fingerprint density at radius 2 is 2.07 bits per heavy atom. The zero-order chi connectivity index (χ0) is 20.2. The molecule has 0 spiro atoms. The van der Waals surface area contributed by atoms with E-state index < -0.39 is 12.0 Å². The predicted molar refractivity (Wildman–Crippen MR) is 109 cm³/mol. The number of hydrogen-bond acceptors (Lipinski definition) is 6. The summed E-state index contributed by atoms with van der Waals surface area (Å²) in [6.45, 7) is 2.11. The zero-order valence-electron chi connectivity index (χ0n) is 15.9. The number of carboxylic acid groups (broad SMARTS) is 1. The molecule has 0 aromatic heterocycles. The topological polar surface area (TPSA) is 110 Å². The molecule has 1 unspecified atom stereocenters. The van der Waals surface area contributed by atoms with Gasteiger partial charge in [0, 0.05) is 17.4 Å². The van der Waals surface area contributed by atoms with Crippen molar-refractivity contribution in [2.45, 2.75) is 50.3 Å². The van der Waals surface area contributed by atoms with Crippen LogP contribution in [-0.2, 0) is 9.59 Å². The van der Waals surface area contributed by atoms with Crippen molar-refractivity contribution in [2.24, 2.45) is 5.73 Å². The van der Waals surface area contributed by atoms with E-state index in [2.05, 4.69) is 6.92 Å². The van der Waals surface area contributed by atoms with Crippen LogP contribution in [-0.4, -0.2) is 46.1 Å². The summed E-state index contributed by atoms with van der Waals surface area (Å²) in [6.07, 6.45) is 7.56. The first-order valence-electron chi connectivity index (χ1n) is 9.05. The van der Waals surface area contributed by atoms with Crippen molar-refractivity contribution >= 4 is 29.6 Å². The Kier molecular flexibility index (Phi) is 10.6. The van der Waals surface area contributed by atoms with Crippen molar-refractivity contribution in [1.82, 2.24) is 0 Å². The van der Waals surface area contributed by atoms with Crippen LogP contribution in [0.5, 0.6) is 11.5 Å². The van der Waals surface area contributed by atoms with Crippen molar-refractivity contribution in [3.8, 4) is 11.5 Å². The van der Waals surface area contributed by atoms with Crippen LogP contribution in [0.3, 0.4) is 0 Å². The van der Waals surface area contributed by atoms with Crippen molar-refractivity contribution in [2.75, 3.05) is 12.9 Å². The lowest BCUT2D eigenvalue weighted by Crippen LogP contribution is -2.33. The average molecular weight is 396 g/mol. The third-order valence-corrected chi connectivity index (χ3v) is 5.48. The van der Waals surface area contributed by atoms with Crippen LogP contribution in [0.2, 0.25) is 0 Å². The standard InChI is InChI=1S/C20H29NO5S/c1-3-4-5-6-16(27-13-17(21)20(24)25)12-15(22)9-7-14-8-10-18(23)19(11-14)26-2/h7-11,16-17,23H,3-6,12-13,21H2,1-2H3,(H,24,25)/b9-7+/t16?,17-/m1/s1. The van der Waals surface area contributed by atoms with Crippen LogP contribution in [0.1, 0.15) is 44.6 Å². The molecule has 2 atom stereocenters. The largest absolute Gasteiger partial charge is 0.504 e. The third kappa shape index (κ3) is 8.97. The van der Waals surface area contributed by atoms with Crippen LogP contribution in [0.25, 0.3) is 6.08 Å². The molecule has 0 aliphatic heterocycles. The first kappa shape index (κ1) is 23.0. The van der Waals surface area contributed by atoms with Crippen molar-refractivity contribution in [3.05, 3.63) is 29.8 Å². The lowest BCUT2D eigenvalue weighted by molar-refractivity contribution is -0.137. The van der Waals surface area contributed by atoms with Gasteiger partial charge in [0.05, 0.1) is 7.11 Å². The van der Waals surface area contributed by atoms with Crippen LogP contribution in [0.15, 0.2) is 24.3 Å². The van der Waals surface area contributed by atoms with E-state index in [1.807, 2.05) is 0 Å². The Labute approximate surface area is 164 Å². The number of aliphatic carboxylic acids is 1. The highest BCUT2D eigenvalue weighted by atomic mass is 32.2. The number of ketones is 1. The molecule has 150 valence electrons. The predicted octanol–water partition coefficient (Wildman–Crippen LogP) is 3.47. The maximum atomic E-state index is 12.3. The highest BCUT2D eigenvalue weighted by Crippen LogP contribution is 2.27. The van der Waals surface area contributed by atoms with Gasteiger partial charge in [-0.15, -0.1) is 0 Å². The van der Waals surface area contributed by atoms with E-state index in [0.717, 1.165) is 31.2 Å². The molecule has 1 rings (SSSR count). The molecule has 1 aromatic carbocycles. The van der Waals surface area contributed by atoms with Gasteiger partial charge in [0.1, 0.15) is 6.04 Å². The Morgan fingerprint density at radius 1 is 1.33 bits per heavy atom. The van der Waals surface area contributed by atoms with E-state index in [0.29, 0.717) is 12.2 Å². The molecule has 7 heteroatoms. The highest BCUT2D eigenvalue weighted by molar-refractivity contribution is 8.00. The fraction of sp³-hybridized carbons (Fsp3) is 0.500. The molecule has 0 amide bonds. The molecule has 27 heavy (non-hydrogen) atoms. The number of carbonyl (C=O) groups excluding carboxylic acids is 1. The molecule has 4 N–H and O–H groups in total. The summed E-state index contributed by atoms with van der Waals surface area (Å²) < 4.78 is 5.05. The summed E-state index contributed by atoms with van der Waals surface area (Å²) in [5.41, 5.74) is 6.32. The number of allylic oxidation sites excluding steroid dienone is 1. The lowest BCUT2D eigenvalue weighted by Gasteiger charge is -2.16. The van der Waals surface area contributed by atoms with Gasteiger partial charge in [-0.1, -0.05) is 38.3 Å². The van der Waals surface area contributed by atoms with Gasteiger partial charge >= 0.3 is 5.97 Å². The molecule has 0 heterocycles. The van der Waals surface area contributed by atoms with E-state index in [1.165, 1.54) is 31.0 Å². The minimum Gasteiger partial charge on any atom is -0.504 e. The number of aromatic hydroxyl groups is 1. The second-order valence-corrected chi connectivity index (χ2v) is 7.66. The molecule has 0 fully saturated rings. The van der Waals surface area contributed by atoms with Gasteiger partial charge in [0.25, 0.3) is 0 Å². The first-order chi connectivity index (χ1) is 12.9. The van der Waals surface area contributed by atoms with E-state index in [4.69, 9.17) is 15.6 Å². The fourth-order valence-electron chi connectivity index (χ4n) is 2.46. The molecule has 0 radical (unpaired) electrons. The highest BCUT2D eigenvalue weighted by Gasteiger charge is 2.18. The van der Waals surface area contributed by atoms with Crippen LogP contribution >= 0.6 is 11.8 Å². The monoisotopic (exact) mass is 395 g/mol. The number of carbonyl (C=O) groups is 2. The number of thioether (sulfide) groups is 1. The van der Waals surface area contributed by atoms with Crippen LogP contribution in [0, 0.1) is 0 Å². The Bertz CT molecular complexity index is 647. The van der Waals surface area contributed by atoms with Gasteiger partial charge in [-0.05, 0) is 30.2 Å². The minimum atomic E-state index is -1.03. The van der Waals surface area contributed by atoms with Gasteiger partial charge in [-0.2, -0.15) is 11.8 Å². The van der Waals surface area contributed by atoms with E-state index in [9.17, 15) is 14.7 Å². The average Bonchev–Trinajstić information content (AvgIpc) is 2.65. The quantitative estimate of drug-likeness (QED) is 0.346. The fourth-order valence-corrected chi connectivity index (χ4v) is 3.69. The minimum absolute atomic E-state index is 0.0278. The normalized spacial score (nSPS) is 13.4. The molecule has 6 nitrogen and oxygen atoms in total. The summed E-state index contributed by atoms with van der Waals surface area (Å²) in [6, 6.07) is 3.94. The summed E-state index contributed by atoms with van der Waals surface area (Å²) in [4.78, 5) is 23.2. The van der Waals surface area contributed by atoms with Crippen LogP contribution in [0.4, 0.5) is 0 Å². The number of hydrogen-bond donors (Lipinski definition) is 3. The Hall–Kier alpha value is -1.99. The number of phenolic OH excluding ortho intramolecular Hbond substituents is 1. The van der Waals surface area contributed by atoms with E-state index >= 15 is 0 Å². The number of benzene rings is 1. The number of methoxy groups -OCH3 is 1.